The molecule has 0 bridgehead atoms. The van der Waals surface area contributed by atoms with Gasteiger partial charge in [-0.1, -0.05) is 11.8 Å². The van der Waals surface area contributed by atoms with E-state index in [1.54, 1.807) is 29.7 Å². The summed E-state index contributed by atoms with van der Waals surface area (Å²) in [7, 11) is 0. The van der Waals surface area contributed by atoms with Gasteiger partial charge < -0.3 is 5.11 Å². The van der Waals surface area contributed by atoms with Gasteiger partial charge in [0.2, 0.25) is 0 Å². The third kappa shape index (κ3) is 3.80. The summed E-state index contributed by atoms with van der Waals surface area (Å²) in [6.45, 7) is 1.51. The summed E-state index contributed by atoms with van der Waals surface area (Å²) in [6.07, 6.45) is 1.51. The number of carbonyl (C=O) groups excluding carboxylic acids is 1. The first kappa shape index (κ1) is 9.86. The van der Waals surface area contributed by atoms with Crippen molar-refractivity contribution in [3.63, 3.8) is 0 Å². The summed E-state index contributed by atoms with van der Waals surface area (Å²) in [5.74, 6) is 0.283. The summed E-state index contributed by atoms with van der Waals surface area (Å²) in [5, 5.41) is 10.7. The highest BCUT2D eigenvalue weighted by Crippen LogP contribution is 2.21. The first-order valence-electron chi connectivity index (χ1n) is 3.81. The fraction of sp³-hybridized carbons (Fsp3) is 0.100. The van der Waals surface area contributed by atoms with Gasteiger partial charge in [-0.25, -0.2) is 0 Å². The molecule has 1 aromatic carbocycles. The number of phenols is 1. The predicted molar refractivity (Wildman–Crippen MR) is 53.8 cm³/mol. The van der Waals surface area contributed by atoms with Crippen LogP contribution in [0.1, 0.15) is 6.92 Å². The van der Waals surface area contributed by atoms with Gasteiger partial charge in [-0.15, -0.1) is 0 Å². The highest BCUT2D eigenvalue weighted by atomic mass is 32.2. The van der Waals surface area contributed by atoms with Crippen LogP contribution < -0.4 is 0 Å². The maximum absolute atomic E-state index is 10.5. The molecule has 0 aliphatic heterocycles. The van der Waals surface area contributed by atoms with Crippen molar-refractivity contribution < 1.29 is 9.90 Å². The SMILES string of the molecule is CC(=O)/C=C\Sc1ccc(O)cc1. The van der Waals surface area contributed by atoms with Crippen LogP contribution in [0.4, 0.5) is 0 Å². The van der Waals surface area contributed by atoms with Crippen LogP contribution in [0.15, 0.2) is 40.6 Å². The number of allylic oxidation sites excluding steroid dienone is 1. The molecule has 0 heterocycles. The number of rotatable bonds is 3. The number of hydrogen-bond donors (Lipinski definition) is 1. The van der Waals surface area contributed by atoms with E-state index in [1.807, 2.05) is 0 Å². The lowest BCUT2D eigenvalue weighted by Gasteiger charge is -1.95. The number of ketones is 1. The Morgan fingerprint density at radius 2 is 2.00 bits per heavy atom. The van der Waals surface area contributed by atoms with Crippen LogP contribution in [0, 0.1) is 0 Å². The number of phenolic OH excluding ortho intramolecular Hbond substituents is 1. The molecule has 0 aliphatic rings. The van der Waals surface area contributed by atoms with E-state index in [1.165, 1.54) is 24.8 Å². The van der Waals surface area contributed by atoms with Crippen molar-refractivity contribution in [3.05, 3.63) is 35.7 Å². The Hall–Kier alpha value is -1.22. The summed E-state index contributed by atoms with van der Waals surface area (Å²) >= 11 is 1.44. The maximum atomic E-state index is 10.5. The van der Waals surface area contributed by atoms with Crippen molar-refractivity contribution in [2.45, 2.75) is 11.8 Å². The predicted octanol–water partition coefficient (Wildman–Crippen LogP) is 2.59. The molecule has 1 rings (SSSR count). The third-order valence-electron chi connectivity index (χ3n) is 1.34. The topological polar surface area (TPSA) is 37.3 Å². The van der Waals surface area contributed by atoms with Gasteiger partial charge in [-0.05, 0) is 42.7 Å². The number of aromatic hydroxyl groups is 1. The molecule has 0 fully saturated rings. The summed E-state index contributed by atoms with van der Waals surface area (Å²) in [4.78, 5) is 11.5. The van der Waals surface area contributed by atoms with Crippen LogP contribution in [-0.4, -0.2) is 10.9 Å². The van der Waals surface area contributed by atoms with Gasteiger partial charge in [0.25, 0.3) is 0 Å². The second kappa shape index (κ2) is 4.72. The van der Waals surface area contributed by atoms with Gasteiger partial charge >= 0.3 is 0 Å². The molecule has 68 valence electrons. The fourth-order valence-corrected chi connectivity index (χ4v) is 1.44. The Bertz CT molecular complexity index is 314. The van der Waals surface area contributed by atoms with Crippen molar-refractivity contribution in [3.8, 4) is 5.75 Å². The van der Waals surface area contributed by atoms with E-state index in [0.717, 1.165) is 4.90 Å². The third-order valence-corrected chi connectivity index (χ3v) is 2.16. The maximum Gasteiger partial charge on any atom is 0.153 e. The highest BCUT2D eigenvalue weighted by Gasteiger charge is 1.90. The standard InChI is InChI=1S/C10H10O2S/c1-8(11)6-7-13-10-4-2-9(12)3-5-10/h2-7,12H,1H3/b7-6-. The van der Waals surface area contributed by atoms with E-state index < -0.39 is 0 Å². The van der Waals surface area contributed by atoms with Crippen molar-refractivity contribution in [2.24, 2.45) is 0 Å². The summed E-state index contributed by atoms with van der Waals surface area (Å²) in [6, 6.07) is 6.82. The van der Waals surface area contributed by atoms with Gasteiger partial charge in [-0.3, -0.25) is 4.79 Å². The molecule has 3 heteroatoms. The lowest BCUT2D eigenvalue weighted by molar-refractivity contribution is -0.112. The smallest absolute Gasteiger partial charge is 0.153 e. The molecule has 0 saturated carbocycles. The summed E-state index contributed by atoms with van der Waals surface area (Å²) in [5.41, 5.74) is 0. The molecular formula is C10H10O2S. The minimum absolute atomic E-state index is 0.0336. The first-order chi connectivity index (χ1) is 6.18. The molecule has 0 unspecified atom stereocenters. The lowest BCUT2D eigenvalue weighted by atomic mass is 10.3. The van der Waals surface area contributed by atoms with E-state index >= 15 is 0 Å². The van der Waals surface area contributed by atoms with Crippen molar-refractivity contribution in [1.82, 2.24) is 0 Å². The number of hydrogen-bond acceptors (Lipinski definition) is 3. The Labute approximate surface area is 81.3 Å². The molecule has 0 aromatic heterocycles. The zero-order chi connectivity index (χ0) is 9.68. The van der Waals surface area contributed by atoms with Crippen LogP contribution in [0.5, 0.6) is 5.75 Å². The molecule has 0 spiro atoms. The van der Waals surface area contributed by atoms with Crippen molar-refractivity contribution >= 4 is 17.5 Å². The van der Waals surface area contributed by atoms with Gasteiger partial charge in [0.1, 0.15) is 5.75 Å². The van der Waals surface area contributed by atoms with Crippen LogP contribution in [-0.2, 0) is 4.79 Å². The van der Waals surface area contributed by atoms with Gasteiger partial charge in [0.05, 0.1) is 0 Å². The molecule has 1 N–H and O–H groups in total. The van der Waals surface area contributed by atoms with E-state index in [2.05, 4.69) is 0 Å². The Morgan fingerprint density at radius 3 is 2.54 bits per heavy atom. The van der Waals surface area contributed by atoms with Crippen molar-refractivity contribution in [2.75, 3.05) is 0 Å². The van der Waals surface area contributed by atoms with Crippen LogP contribution in [0.25, 0.3) is 0 Å². The molecule has 0 aliphatic carbocycles. The first-order valence-corrected chi connectivity index (χ1v) is 4.69. The van der Waals surface area contributed by atoms with Crippen LogP contribution in [0.3, 0.4) is 0 Å². The van der Waals surface area contributed by atoms with Crippen LogP contribution in [0.2, 0.25) is 0 Å². The van der Waals surface area contributed by atoms with Gasteiger partial charge in [0, 0.05) is 4.90 Å². The molecule has 1 aromatic rings. The minimum atomic E-state index is 0.0336. The molecule has 0 atom stereocenters. The largest absolute Gasteiger partial charge is 0.508 e. The van der Waals surface area contributed by atoms with Crippen LogP contribution >= 0.6 is 11.8 Å². The molecule has 2 nitrogen and oxygen atoms in total. The van der Waals surface area contributed by atoms with Gasteiger partial charge in [0.15, 0.2) is 5.78 Å². The van der Waals surface area contributed by atoms with E-state index in [9.17, 15) is 4.79 Å². The van der Waals surface area contributed by atoms with E-state index in [-0.39, 0.29) is 11.5 Å². The molecular weight excluding hydrogens is 184 g/mol. The lowest BCUT2D eigenvalue weighted by Crippen LogP contribution is -1.77. The Morgan fingerprint density at radius 1 is 1.38 bits per heavy atom. The Kier molecular flexibility index (Phi) is 3.58. The van der Waals surface area contributed by atoms with E-state index in [4.69, 9.17) is 5.11 Å². The molecule has 13 heavy (non-hydrogen) atoms. The quantitative estimate of drug-likeness (QED) is 0.593. The molecule has 0 radical (unpaired) electrons. The normalized spacial score (nSPS) is 10.5. The second-order valence-corrected chi connectivity index (χ2v) is 3.50. The van der Waals surface area contributed by atoms with Crippen molar-refractivity contribution in [1.29, 1.82) is 0 Å². The number of thioether (sulfide) groups is 1. The minimum Gasteiger partial charge on any atom is -0.508 e. The number of benzene rings is 1. The molecule has 0 saturated heterocycles. The number of carbonyl (C=O) groups is 1. The zero-order valence-corrected chi connectivity index (χ0v) is 8.04. The summed E-state index contributed by atoms with van der Waals surface area (Å²) < 4.78 is 0. The molecule has 0 amide bonds. The fourth-order valence-electron chi connectivity index (χ4n) is 0.733. The monoisotopic (exact) mass is 194 g/mol. The zero-order valence-electron chi connectivity index (χ0n) is 7.23. The second-order valence-electron chi connectivity index (χ2n) is 2.53. The Balaban J connectivity index is 2.55. The average Bonchev–Trinajstić information content (AvgIpc) is 2.08. The van der Waals surface area contributed by atoms with E-state index in [0.29, 0.717) is 0 Å². The average molecular weight is 194 g/mol. The van der Waals surface area contributed by atoms with Gasteiger partial charge in [-0.2, -0.15) is 0 Å². The highest BCUT2D eigenvalue weighted by molar-refractivity contribution is 8.02.